The Balaban J connectivity index is 2.18. The van der Waals surface area contributed by atoms with Crippen LogP contribution in [0.2, 0.25) is 0 Å². The zero-order chi connectivity index (χ0) is 12.3. The molecule has 0 fully saturated rings. The van der Waals surface area contributed by atoms with Crippen molar-refractivity contribution in [3.8, 4) is 0 Å². The van der Waals surface area contributed by atoms with Crippen molar-refractivity contribution < 1.29 is 4.79 Å². The third kappa shape index (κ3) is 2.96. The Kier molecular flexibility index (Phi) is 3.62. The molecule has 17 heavy (non-hydrogen) atoms. The maximum Gasteiger partial charge on any atom is 0.158 e. The van der Waals surface area contributed by atoms with Crippen molar-refractivity contribution in [2.75, 3.05) is 6.54 Å². The molecular formula is C15H19NO. The smallest absolute Gasteiger partial charge is 0.158 e. The lowest BCUT2D eigenvalue weighted by Gasteiger charge is -2.23. The van der Waals surface area contributed by atoms with Gasteiger partial charge in [-0.2, -0.15) is 0 Å². The zero-order valence-electron chi connectivity index (χ0n) is 10.5. The van der Waals surface area contributed by atoms with Crippen molar-refractivity contribution in [2.24, 2.45) is 0 Å². The number of allylic oxidation sites excluding steroid dienone is 2. The molecule has 1 aromatic carbocycles. The molecule has 0 saturated carbocycles. The number of nitrogens with one attached hydrogen (secondary N) is 1. The highest BCUT2D eigenvalue weighted by atomic mass is 16.1. The van der Waals surface area contributed by atoms with Crippen LogP contribution in [-0.2, 0) is 4.79 Å². The summed E-state index contributed by atoms with van der Waals surface area (Å²) in [5, 5.41) is 3.27. The van der Waals surface area contributed by atoms with Gasteiger partial charge in [-0.15, -0.1) is 0 Å². The Morgan fingerprint density at radius 3 is 2.88 bits per heavy atom. The monoisotopic (exact) mass is 229 g/mol. The van der Waals surface area contributed by atoms with Crippen molar-refractivity contribution in [1.82, 2.24) is 5.32 Å². The Bertz CT molecular complexity index is 448. The third-order valence-corrected chi connectivity index (χ3v) is 3.17. The zero-order valence-corrected chi connectivity index (χ0v) is 10.5. The van der Waals surface area contributed by atoms with Crippen molar-refractivity contribution in [2.45, 2.75) is 32.6 Å². The molecule has 1 aromatic rings. The van der Waals surface area contributed by atoms with Crippen LogP contribution in [-0.4, -0.2) is 12.3 Å². The molecule has 0 bridgehead atoms. The quantitative estimate of drug-likeness (QED) is 0.863. The molecule has 2 rings (SSSR count). The van der Waals surface area contributed by atoms with E-state index >= 15 is 0 Å². The number of carbonyl (C=O) groups excluding carboxylic acids is 1. The molecule has 1 atom stereocenters. The summed E-state index contributed by atoms with van der Waals surface area (Å²) in [6.07, 6.45) is 3.34. The van der Waals surface area contributed by atoms with Gasteiger partial charge in [0.1, 0.15) is 0 Å². The first-order valence-electron chi connectivity index (χ1n) is 6.23. The molecule has 1 aliphatic rings. The van der Waals surface area contributed by atoms with E-state index in [2.05, 4.69) is 43.4 Å². The first-order valence-corrected chi connectivity index (χ1v) is 6.23. The summed E-state index contributed by atoms with van der Waals surface area (Å²) in [4.78, 5) is 11.7. The van der Waals surface area contributed by atoms with Gasteiger partial charge in [0, 0.05) is 24.7 Å². The minimum absolute atomic E-state index is 0.235. The van der Waals surface area contributed by atoms with E-state index in [4.69, 9.17) is 0 Å². The summed E-state index contributed by atoms with van der Waals surface area (Å²) in [6, 6.07) is 8.47. The molecule has 1 N–H and O–H groups in total. The molecule has 0 spiro atoms. The van der Waals surface area contributed by atoms with E-state index in [0.717, 1.165) is 18.7 Å². The number of benzene rings is 1. The topological polar surface area (TPSA) is 29.1 Å². The SMILES string of the molecule is CCNC1=CC(=O)CC(c2cccc(C)c2)C1. The molecule has 0 aromatic heterocycles. The fraction of sp³-hybridized carbons (Fsp3) is 0.400. The summed E-state index contributed by atoms with van der Waals surface area (Å²) in [7, 11) is 0. The Hall–Kier alpha value is -1.57. The maximum absolute atomic E-state index is 11.7. The van der Waals surface area contributed by atoms with Crippen molar-refractivity contribution in [1.29, 1.82) is 0 Å². The van der Waals surface area contributed by atoms with E-state index in [0.29, 0.717) is 12.3 Å². The first-order chi connectivity index (χ1) is 8.19. The van der Waals surface area contributed by atoms with E-state index < -0.39 is 0 Å². The van der Waals surface area contributed by atoms with Crippen molar-refractivity contribution in [3.63, 3.8) is 0 Å². The van der Waals surface area contributed by atoms with Crippen LogP contribution in [0.25, 0.3) is 0 Å². The average Bonchev–Trinajstić information content (AvgIpc) is 2.28. The van der Waals surface area contributed by atoms with Crippen LogP contribution in [0.3, 0.4) is 0 Å². The van der Waals surface area contributed by atoms with Crippen LogP contribution in [0.15, 0.2) is 36.0 Å². The first kappa shape index (κ1) is 11.9. The second-order valence-electron chi connectivity index (χ2n) is 4.69. The lowest BCUT2D eigenvalue weighted by Crippen LogP contribution is -2.21. The molecule has 2 heteroatoms. The number of hydrogen-bond donors (Lipinski definition) is 1. The van der Waals surface area contributed by atoms with Crippen LogP contribution >= 0.6 is 0 Å². The second-order valence-corrected chi connectivity index (χ2v) is 4.69. The fourth-order valence-electron chi connectivity index (χ4n) is 2.40. The molecule has 0 radical (unpaired) electrons. The van der Waals surface area contributed by atoms with Gasteiger partial charge in [0.2, 0.25) is 0 Å². The van der Waals surface area contributed by atoms with Crippen LogP contribution in [0.4, 0.5) is 0 Å². The second kappa shape index (κ2) is 5.17. The van der Waals surface area contributed by atoms with Gasteiger partial charge < -0.3 is 5.32 Å². The highest BCUT2D eigenvalue weighted by molar-refractivity contribution is 5.91. The number of hydrogen-bond acceptors (Lipinski definition) is 2. The van der Waals surface area contributed by atoms with Gasteiger partial charge in [0.05, 0.1) is 0 Å². The summed E-state index contributed by atoms with van der Waals surface area (Å²) in [5.41, 5.74) is 3.62. The highest BCUT2D eigenvalue weighted by Crippen LogP contribution is 2.30. The summed E-state index contributed by atoms with van der Waals surface area (Å²) in [5.74, 6) is 0.570. The minimum Gasteiger partial charge on any atom is -0.389 e. The Labute approximate surface area is 103 Å². The van der Waals surface area contributed by atoms with E-state index in [9.17, 15) is 4.79 Å². The largest absolute Gasteiger partial charge is 0.389 e. The third-order valence-electron chi connectivity index (χ3n) is 3.17. The van der Waals surface area contributed by atoms with Gasteiger partial charge in [0.15, 0.2) is 5.78 Å². The van der Waals surface area contributed by atoms with E-state index in [-0.39, 0.29) is 5.78 Å². The van der Waals surface area contributed by atoms with Gasteiger partial charge in [0.25, 0.3) is 0 Å². The van der Waals surface area contributed by atoms with Crippen LogP contribution in [0.1, 0.15) is 36.8 Å². The highest BCUT2D eigenvalue weighted by Gasteiger charge is 2.21. The van der Waals surface area contributed by atoms with Gasteiger partial charge in [-0.1, -0.05) is 29.8 Å². The predicted octanol–water partition coefficient (Wildman–Crippen LogP) is 2.93. The molecule has 0 saturated heterocycles. The van der Waals surface area contributed by atoms with Gasteiger partial charge >= 0.3 is 0 Å². The predicted molar refractivity (Wildman–Crippen MR) is 69.9 cm³/mol. The molecule has 1 unspecified atom stereocenters. The summed E-state index contributed by atoms with van der Waals surface area (Å²) in [6.45, 7) is 5.02. The number of rotatable bonds is 3. The van der Waals surface area contributed by atoms with E-state index in [1.807, 2.05) is 0 Å². The standard InChI is InChI=1S/C15H19NO/c1-3-16-14-8-13(9-15(17)10-14)12-6-4-5-11(2)7-12/h4-7,10,13,16H,3,8-9H2,1-2H3. The number of carbonyl (C=O) groups is 1. The summed E-state index contributed by atoms with van der Waals surface area (Å²) < 4.78 is 0. The van der Waals surface area contributed by atoms with E-state index in [1.54, 1.807) is 6.08 Å². The Morgan fingerprint density at radius 2 is 2.18 bits per heavy atom. The van der Waals surface area contributed by atoms with Gasteiger partial charge in [-0.25, -0.2) is 0 Å². The van der Waals surface area contributed by atoms with Crippen LogP contribution in [0.5, 0.6) is 0 Å². The fourth-order valence-corrected chi connectivity index (χ4v) is 2.40. The lowest BCUT2D eigenvalue weighted by atomic mass is 9.85. The minimum atomic E-state index is 0.235. The molecule has 0 amide bonds. The van der Waals surface area contributed by atoms with Gasteiger partial charge in [-0.3, -0.25) is 4.79 Å². The summed E-state index contributed by atoms with van der Waals surface area (Å²) >= 11 is 0. The molecule has 90 valence electrons. The average molecular weight is 229 g/mol. The lowest BCUT2D eigenvalue weighted by molar-refractivity contribution is -0.115. The molecule has 0 heterocycles. The maximum atomic E-state index is 11.7. The number of ketones is 1. The number of aryl methyl sites for hydroxylation is 1. The van der Waals surface area contributed by atoms with E-state index in [1.165, 1.54) is 11.1 Å². The molecule has 1 aliphatic carbocycles. The molecular weight excluding hydrogens is 210 g/mol. The van der Waals surface area contributed by atoms with Crippen molar-refractivity contribution in [3.05, 3.63) is 47.2 Å². The normalized spacial score (nSPS) is 20.0. The van der Waals surface area contributed by atoms with Crippen LogP contribution in [0, 0.1) is 6.92 Å². The Morgan fingerprint density at radius 1 is 1.35 bits per heavy atom. The molecule has 0 aliphatic heterocycles. The van der Waals surface area contributed by atoms with Crippen molar-refractivity contribution >= 4 is 5.78 Å². The van der Waals surface area contributed by atoms with Gasteiger partial charge in [-0.05, 0) is 31.7 Å². The van der Waals surface area contributed by atoms with Crippen LogP contribution < -0.4 is 5.32 Å². The molecule has 2 nitrogen and oxygen atoms in total.